The van der Waals surface area contributed by atoms with E-state index >= 15 is 0 Å². The van der Waals surface area contributed by atoms with Crippen molar-refractivity contribution in [3.63, 3.8) is 0 Å². The van der Waals surface area contributed by atoms with Gasteiger partial charge in [0, 0.05) is 0 Å². The third-order valence-electron chi connectivity index (χ3n) is 2.52. The fourth-order valence-electron chi connectivity index (χ4n) is 1.60. The van der Waals surface area contributed by atoms with Gasteiger partial charge in [-0.25, -0.2) is 12.1 Å². The maximum Gasteiger partial charge on any atom is 2.00 e. The van der Waals surface area contributed by atoms with Crippen LogP contribution in [-0.4, -0.2) is 0 Å². The molecule has 0 spiro atoms. The molecule has 96 valence electrons. The zero-order valence-electron chi connectivity index (χ0n) is 10.3. The van der Waals surface area contributed by atoms with Crippen molar-refractivity contribution in [1.82, 2.24) is 0 Å². The molecule has 1 aliphatic rings. The summed E-state index contributed by atoms with van der Waals surface area (Å²) in [6.07, 6.45) is 8.08. The number of hydrogen-bond acceptors (Lipinski definition) is 1. The Balaban J connectivity index is 0.000000256. The van der Waals surface area contributed by atoms with Gasteiger partial charge in [0.1, 0.15) is 0 Å². The average Bonchev–Trinajstić information content (AvgIpc) is 3.14. The minimum atomic E-state index is 0. The van der Waals surface area contributed by atoms with Crippen LogP contribution < -0.4 is 0 Å². The van der Waals surface area contributed by atoms with E-state index < -0.39 is 0 Å². The quantitative estimate of drug-likeness (QED) is 0.425. The molecule has 0 aromatic heterocycles. The summed E-state index contributed by atoms with van der Waals surface area (Å²) in [6, 6.07) is 20.1. The molecule has 3 rings (SSSR count). The Hall–Kier alpha value is -1.47. The Bertz CT molecular complexity index is 517. The number of hydrogen-bond donors (Lipinski definition) is 0. The minimum absolute atomic E-state index is 0. The first-order valence-electron chi connectivity index (χ1n) is 5.86. The summed E-state index contributed by atoms with van der Waals surface area (Å²) >= 11 is 5.34. The van der Waals surface area contributed by atoms with Gasteiger partial charge in [-0.05, 0) is 11.1 Å². The van der Waals surface area contributed by atoms with E-state index in [-0.39, 0.29) is 17.1 Å². The third kappa shape index (κ3) is 4.96. The molecule has 0 nitrogen and oxygen atoms in total. The smallest absolute Gasteiger partial charge is 0.779 e. The van der Waals surface area contributed by atoms with Crippen LogP contribution in [0.4, 0.5) is 0 Å². The first-order valence-corrected chi connectivity index (χ1v) is 6.27. The van der Waals surface area contributed by atoms with Crippen molar-refractivity contribution in [3.05, 3.63) is 96.1 Å². The van der Waals surface area contributed by atoms with E-state index in [1.165, 1.54) is 0 Å². The van der Waals surface area contributed by atoms with Gasteiger partial charge in [-0.3, -0.25) is 0 Å². The van der Waals surface area contributed by atoms with E-state index in [1.54, 1.807) is 0 Å². The largest absolute Gasteiger partial charge is 2.00 e. The second-order valence-electron chi connectivity index (χ2n) is 3.83. The summed E-state index contributed by atoms with van der Waals surface area (Å²) in [7, 11) is 0. The minimum Gasteiger partial charge on any atom is -0.779 e. The molecule has 0 amide bonds. The fourth-order valence-corrected chi connectivity index (χ4v) is 1.87. The number of allylic oxidation sites excluding steroid dienone is 5. The van der Waals surface area contributed by atoms with Crippen LogP contribution in [-0.2, 0) is 29.7 Å². The van der Waals surface area contributed by atoms with Crippen molar-refractivity contribution in [2.24, 2.45) is 0 Å². The maximum absolute atomic E-state index is 5.34. The van der Waals surface area contributed by atoms with Gasteiger partial charge in [0.15, 0.2) is 0 Å². The summed E-state index contributed by atoms with van der Waals surface area (Å²) in [5, 5.41) is 0. The zero-order chi connectivity index (χ0) is 12.6. The second-order valence-corrected chi connectivity index (χ2v) is 4.24. The summed E-state index contributed by atoms with van der Waals surface area (Å²) in [5.74, 6) is 0. The number of rotatable bonds is 1. The Morgan fingerprint density at radius 3 is 1.89 bits per heavy atom. The van der Waals surface area contributed by atoms with Gasteiger partial charge < -0.3 is 12.6 Å². The van der Waals surface area contributed by atoms with Crippen LogP contribution in [0.15, 0.2) is 90.5 Å². The van der Waals surface area contributed by atoms with Crippen molar-refractivity contribution in [3.8, 4) is 0 Å². The molecule has 0 N–H and O–H groups in total. The van der Waals surface area contributed by atoms with E-state index in [4.69, 9.17) is 12.6 Å². The van der Waals surface area contributed by atoms with E-state index in [2.05, 4.69) is 0 Å². The molecule has 0 saturated carbocycles. The molecule has 0 aliphatic heterocycles. The van der Waals surface area contributed by atoms with Crippen LogP contribution in [0.25, 0.3) is 4.91 Å². The molecule has 0 radical (unpaired) electrons. The Morgan fingerprint density at radius 1 is 0.842 bits per heavy atom. The molecule has 2 aromatic rings. The van der Waals surface area contributed by atoms with E-state index in [9.17, 15) is 0 Å². The van der Waals surface area contributed by atoms with Gasteiger partial charge in [-0.2, -0.15) is 23.1 Å². The molecule has 0 unspecified atom stereocenters. The molecule has 0 heterocycles. The molecule has 0 fully saturated rings. The van der Waals surface area contributed by atoms with Crippen molar-refractivity contribution in [2.75, 3.05) is 0 Å². The van der Waals surface area contributed by atoms with Crippen LogP contribution >= 0.6 is 0 Å². The van der Waals surface area contributed by atoms with Gasteiger partial charge in [0.05, 0.1) is 0 Å². The van der Waals surface area contributed by atoms with Gasteiger partial charge in [0.2, 0.25) is 0 Å². The average molecular weight is 306 g/mol. The van der Waals surface area contributed by atoms with Crippen molar-refractivity contribution < 1.29 is 17.1 Å². The Kier molecular flexibility index (Phi) is 7.06. The van der Waals surface area contributed by atoms with Crippen molar-refractivity contribution in [1.29, 1.82) is 0 Å². The molecule has 1 aliphatic carbocycles. The fraction of sp³-hybridized carbons (Fsp3) is 0. The van der Waals surface area contributed by atoms with Gasteiger partial charge in [-0.15, -0.1) is 0 Å². The maximum atomic E-state index is 5.34. The third-order valence-corrected chi connectivity index (χ3v) is 2.99. The zero-order valence-corrected chi connectivity index (χ0v) is 12.3. The Morgan fingerprint density at radius 2 is 1.42 bits per heavy atom. The monoisotopic (exact) mass is 306 g/mol. The Labute approximate surface area is 130 Å². The van der Waals surface area contributed by atoms with Crippen LogP contribution in [0.2, 0.25) is 0 Å². The molecule has 2 aromatic carbocycles. The molecule has 0 bridgehead atoms. The number of benzene rings is 1. The van der Waals surface area contributed by atoms with Crippen LogP contribution in [0.1, 0.15) is 5.56 Å². The van der Waals surface area contributed by atoms with Gasteiger partial charge in [-0.1, -0.05) is 54.6 Å². The summed E-state index contributed by atoms with van der Waals surface area (Å²) in [6.45, 7) is 0. The molecule has 0 saturated heterocycles. The molecular formula is C17H14FeS. The van der Waals surface area contributed by atoms with E-state index in [0.717, 1.165) is 16.0 Å². The standard InChI is InChI=1S/C12H10S.C5H5.Fe/c13-12(11-8-4-5-9-11)10-6-2-1-3-7-10;1-2-4-5-3-1;/h1-9,13H;1-5H;/q;-1;+2/p-1. The molecule has 19 heavy (non-hydrogen) atoms. The molecule has 0 atom stereocenters. The van der Waals surface area contributed by atoms with Crippen LogP contribution in [0.5, 0.6) is 0 Å². The van der Waals surface area contributed by atoms with Crippen molar-refractivity contribution in [2.45, 2.75) is 0 Å². The van der Waals surface area contributed by atoms with Crippen molar-refractivity contribution >= 4 is 17.5 Å². The molecular weight excluding hydrogens is 292 g/mol. The normalized spacial score (nSPS) is 11.5. The predicted octanol–water partition coefficient (Wildman–Crippen LogP) is 4.47. The van der Waals surface area contributed by atoms with Gasteiger partial charge >= 0.3 is 17.1 Å². The summed E-state index contributed by atoms with van der Waals surface area (Å²) in [4.78, 5) is 0.922. The second kappa shape index (κ2) is 8.60. The first kappa shape index (κ1) is 15.6. The van der Waals surface area contributed by atoms with Gasteiger partial charge in [0.25, 0.3) is 0 Å². The van der Waals surface area contributed by atoms with Crippen LogP contribution in [0.3, 0.4) is 0 Å². The van der Waals surface area contributed by atoms with Crippen LogP contribution in [0, 0.1) is 0 Å². The topological polar surface area (TPSA) is 0 Å². The first-order chi connectivity index (χ1) is 8.88. The van der Waals surface area contributed by atoms with E-state index in [0.29, 0.717) is 0 Å². The molecule has 2 heteroatoms. The summed E-state index contributed by atoms with van der Waals surface area (Å²) in [5.41, 5.74) is 2.24. The van der Waals surface area contributed by atoms with E-state index in [1.807, 2.05) is 85.0 Å². The SMILES string of the molecule is [Fe+2].[S-]C(=C1C=CC=C1)c1ccccc1.c1cc[cH-]c1. The summed E-state index contributed by atoms with van der Waals surface area (Å²) < 4.78 is 0. The predicted molar refractivity (Wildman–Crippen MR) is 81.0 cm³/mol.